The number of aromatic hydroxyl groups is 1. The van der Waals surface area contributed by atoms with E-state index in [4.69, 9.17) is 0 Å². The zero-order chi connectivity index (χ0) is 19.8. The Morgan fingerprint density at radius 1 is 0.786 bits per heavy atom. The zero-order valence-electron chi connectivity index (χ0n) is 17.9. The summed E-state index contributed by atoms with van der Waals surface area (Å²) in [6, 6.07) is 16.6. The van der Waals surface area contributed by atoms with Crippen molar-refractivity contribution in [2.45, 2.75) is 84.0 Å². The third kappa shape index (κ3) is 5.87. The van der Waals surface area contributed by atoms with Crippen LogP contribution in [0.1, 0.15) is 89.5 Å². The Morgan fingerprint density at radius 2 is 1.36 bits per heavy atom. The van der Waals surface area contributed by atoms with Gasteiger partial charge in [0, 0.05) is 0 Å². The summed E-state index contributed by atoms with van der Waals surface area (Å²) in [6.07, 6.45) is 14.2. The van der Waals surface area contributed by atoms with E-state index in [9.17, 15) is 5.11 Å². The third-order valence-electron chi connectivity index (χ3n) is 6.95. The standard InChI is InChI=1S/C27H38O/c1-3-4-5-6-7-8-22-9-11-23(12-10-22)21(2)24-13-15-25(16-14-24)26-17-19-27(28)20-18-26/h13-23,28H,3-12H2,1-2H3. The summed E-state index contributed by atoms with van der Waals surface area (Å²) in [7, 11) is 0. The van der Waals surface area contributed by atoms with Gasteiger partial charge < -0.3 is 5.11 Å². The molecule has 1 aliphatic rings. The molecule has 0 spiro atoms. The second-order valence-electron chi connectivity index (χ2n) is 8.94. The molecule has 1 atom stereocenters. The van der Waals surface area contributed by atoms with Gasteiger partial charge in [0.05, 0.1) is 0 Å². The maximum absolute atomic E-state index is 9.47. The van der Waals surface area contributed by atoms with Gasteiger partial charge in [0.15, 0.2) is 0 Å². The smallest absolute Gasteiger partial charge is 0.115 e. The Kier molecular flexibility index (Phi) is 8.01. The fourth-order valence-electron chi connectivity index (χ4n) is 4.92. The molecular formula is C27H38O. The summed E-state index contributed by atoms with van der Waals surface area (Å²) in [4.78, 5) is 0. The van der Waals surface area contributed by atoms with Crippen molar-refractivity contribution in [2.75, 3.05) is 0 Å². The quantitative estimate of drug-likeness (QED) is 0.435. The highest BCUT2D eigenvalue weighted by molar-refractivity contribution is 5.64. The van der Waals surface area contributed by atoms with Gasteiger partial charge >= 0.3 is 0 Å². The molecule has 1 fully saturated rings. The lowest BCUT2D eigenvalue weighted by Gasteiger charge is -2.32. The first-order valence-corrected chi connectivity index (χ1v) is 11.6. The second-order valence-corrected chi connectivity index (χ2v) is 8.94. The normalized spacial score (nSPS) is 20.8. The summed E-state index contributed by atoms with van der Waals surface area (Å²) < 4.78 is 0. The van der Waals surface area contributed by atoms with Crippen LogP contribution in [0.3, 0.4) is 0 Å². The summed E-state index contributed by atoms with van der Waals surface area (Å²) in [5.74, 6) is 2.81. The summed E-state index contributed by atoms with van der Waals surface area (Å²) in [5, 5.41) is 9.47. The van der Waals surface area contributed by atoms with Crippen molar-refractivity contribution in [3.8, 4) is 16.9 Å². The zero-order valence-corrected chi connectivity index (χ0v) is 17.9. The molecule has 0 radical (unpaired) electrons. The summed E-state index contributed by atoms with van der Waals surface area (Å²) >= 11 is 0. The van der Waals surface area contributed by atoms with Crippen molar-refractivity contribution in [3.05, 3.63) is 54.1 Å². The number of unbranched alkanes of at least 4 members (excludes halogenated alkanes) is 4. The van der Waals surface area contributed by atoms with E-state index in [1.165, 1.54) is 75.3 Å². The minimum absolute atomic E-state index is 0.325. The third-order valence-corrected chi connectivity index (χ3v) is 6.95. The van der Waals surface area contributed by atoms with Crippen LogP contribution in [-0.2, 0) is 0 Å². The Labute approximate surface area is 172 Å². The van der Waals surface area contributed by atoms with Crippen molar-refractivity contribution in [1.29, 1.82) is 0 Å². The minimum atomic E-state index is 0.325. The molecule has 0 aromatic heterocycles. The molecule has 1 heteroatoms. The largest absolute Gasteiger partial charge is 0.508 e. The average molecular weight is 379 g/mol. The molecule has 0 amide bonds. The van der Waals surface area contributed by atoms with E-state index in [1.807, 2.05) is 12.1 Å². The van der Waals surface area contributed by atoms with E-state index in [0.29, 0.717) is 11.7 Å². The number of hydrogen-bond acceptors (Lipinski definition) is 1. The summed E-state index contributed by atoms with van der Waals surface area (Å²) in [6.45, 7) is 4.72. The molecule has 3 rings (SSSR count). The highest BCUT2D eigenvalue weighted by Crippen LogP contribution is 2.40. The van der Waals surface area contributed by atoms with Gasteiger partial charge in [0.1, 0.15) is 5.75 Å². The van der Waals surface area contributed by atoms with Crippen LogP contribution in [0.2, 0.25) is 0 Å². The summed E-state index contributed by atoms with van der Waals surface area (Å²) in [5.41, 5.74) is 3.87. The van der Waals surface area contributed by atoms with Gasteiger partial charge in [-0.25, -0.2) is 0 Å². The van der Waals surface area contributed by atoms with Crippen LogP contribution in [0.25, 0.3) is 11.1 Å². The molecule has 152 valence electrons. The molecule has 2 aromatic carbocycles. The SMILES string of the molecule is CCCCCCCC1CCC(C(C)c2ccc(-c3ccc(O)cc3)cc2)CC1. The van der Waals surface area contributed by atoms with Crippen molar-refractivity contribution in [3.63, 3.8) is 0 Å². The number of phenols is 1. The van der Waals surface area contributed by atoms with E-state index in [-0.39, 0.29) is 0 Å². The fourth-order valence-corrected chi connectivity index (χ4v) is 4.92. The van der Waals surface area contributed by atoms with E-state index in [2.05, 4.69) is 38.1 Å². The second kappa shape index (κ2) is 10.7. The molecular weight excluding hydrogens is 340 g/mol. The van der Waals surface area contributed by atoms with E-state index in [0.717, 1.165) is 17.4 Å². The first-order valence-electron chi connectivity index (χ1n) is 11.6. The Morgan fingerprint density at radius 3 is 1.96 bits per heavy atom. The van der Waals surface area contributed by atoms with Crippen molar-refractivity contribution < 1.29 is 5.11 Å². The molecule has 1 unspecified atom stereocenters. The van der Waals surface area contributed by atoms with Crippen LogP contribution >= 0.6 is 0 Å². The molecule has 1 N–H and O–H groups in total. The van der Waals surface area contributed by atoms with Crippen LogP contribution in [0.4, 0.5) is 0 Å². The number of hydrogen-bond donors (Lipinski definition) is 1. The lowest BCUT2D eigenvalue weighted by atomic mass is 9.73. The van der Waals surface area contributed by atoms with Crippen molar-refractivity contribution >= 4 is 0 Å². The molecule has 1 nitrogen and oxygen atoms in total. The molecule has 1 saturated carbocycles. The van der Waals surface area contributed by atoms with Crippen LogP contribution in [0.5, 0.6) is 5.75 Å². The predicted octanol–water partition coefficient (Wildman–Crippen LogP) is 8.33. The van der Waals surface area contributed by atoms with Crippen LogP contribution in [0, 0.1) is 11.8 Å². The highest BCUT2D eigenvalue weighted by Gasteiger charge is 2.25. The maximum Gasteiger partial charge on any atom is 0.115 e. The molecule has 0 saturated heterocycles. The van der Waals surface area contributed by atoms with Crippen molar-refractivity contribution in [2.24, 2.45) is 11.8 Å². The van der Waals surface area contributed by atoms with Gasteiger partial charge in [-0.15, -0.1) is 0 Å². The van der Waals surface area contributed by atoms with Gasteiger partial charge in [-0.3, -0.25) is 0 Å². The molecule has 0 aliphatic heterocycles. The van der Waals surface area contributed by atoms with Gasteiger partial charge in [0.25, 0.3) is 0 Å². The first-order chi connectivity index (χ1) is 13.7. The van der Waals surface area contributed by atoms with Crippen LogP contribution < -0.4 is 0 Å². The molecule has 0 bridgehead atoms. The number of phenolic OH excluding ortho intramolecular Hbond substituents is 1. The molecule has 1 aliphatic carbocycles. The van der Waals surface area contributed by atoms with E-state index >= 15 is 0 Å². The van der Waals surface area contributed by atoms with E-state index in [1.54, 1.807) is 12.1 Å². The van der Waals surface area contributed by atoms with Gasteiger partial charge in [-0.05, 0) is 59.4 Å². The van der Waals surface area contributed by atoms with Gasteiger partial charge in [0.2, 0.25) is 0 Å². The topological polar surface area (TPSA) is 20.2 Å². The lowest BCUT2D eigenvalue weighted by Crippen LogP contribution is -2.19. The minimum Gasteiger partial charge on any atom is -0.508 e. The van der Waals surface area contributed by atoms with Gasteiger partial charge in [-0.2, -0.15) is 0 Å². The monoisotopic (exact) mass is 378 g/mol. The number of benzene rings is 2. The Bertz CT molecular complexity index is 677. The Balaban J connectivity index is 1.47. The molecule has 2 aromatic rings. The average Bonchev–Trinajstić information content (AvgIpc) is 2.74. The maximum atomic E-state index is 9.47. The van der Waals surface area contributed by atoms with Gasteiger partial charge in [-0.1, -0.05) is 102 Å². The number of rotatable bonds is 9. The Hall–Kier alpha value is -1.76. The van der Waals surface area contributed by atoms with E-state index < -0.39 is 0 Å². The molecule has 28 heavy (non-hydrogen) atoms. The fraction of sp³-hybridized carbons (Fsp3) is 0.556. The van der Waals surface area contributed by atoms with Crippen LogP contribution in [-0.4, -0.2) is 5.11 Å². The highest BCUT2D eigenvalue weighted by atomic mass is 16.3. The van der Waals surface area contributed by atoms with Crippen LogP contribution in [0.15, 0.2) is 48.5 Å². The van der Waals surface area contributed by atoms with Crippen molar-refractivity contribution in [1.82, 2.24) is 0 Å². The lowest BCUT2D eigenvalue weighted by molar-refractivity contribution is 0.236. The predicted molar refractivity (Wildman–Crippen MR) is 121 cm³/mol. The molecule has 0 heterocycles. The first kappa shape index (κ1) is 21.0.